The minimum absolute atomic E-state index is 0.0923. The molecule has 1 aliphatic heterocycles. The van der Waals surface area contributed by atoms with Gasteiger partial charge in [0, 0.05) is 43.5 Å². The molecule has 1 fully saturated rings. The van der Waals surface area contributed by atoms with Crippen LogP contribution in [-0.4, -0.2) is 42.2 Å². The quantitative estimate of drug-likeness (QED) is 0.763. The lowest BCUT2D eigenvalue weighted by Gasteiger charge is -2.46. The number of thioether (sulfide) groups is 1. The van der Waals surface area contributed by atoms with Gasteiger partial charge in [-0.2, -0.15) is 11.8 Å². The molecule has 0 spiro atoms. The lowest BCUT2D eigenvalue weighted by Crippen LogP contribution is -2.55. The van der Waals surface area contributed by atoms with Crippen LogP contribution in [0.2, 0.25) is 0 Å². The summed E-state index contributed by atoms with van der Waals surface area (Å²) >= 11 is 1.82. The van der Waals surface area contributed by atoms with Gasteiger partial charge in [0.15, 0.2) is 0 Å². The Kier molecular flexibility index (Phi) is 6.76. The Labute approximate surface area is 151 Å². The number of carbonyl (C=O) groups is 1. The topological polar surface area (TPSA) is 23.6 Å². The van der Waals surface area contributed by atoms with E-state index in [0.29, 0.717) is 0 Å². The van der Waals surface area contributed by atoms with E-state index in [4.69, 9.17) is 0 Å². The summed E-state index contributed by atoms with van der Waals surface area (Å²) in [5, 5.41) is 0. The summed E-state index contributed by atoms with van der Waals surface area (Å²) in [6.45, 7) is 11.5. The third-order valence-corrected chi connectivity index (χ3v) is 5.46. The van der Waals surface area contributed by atoms with Gasteiger partial charge in [0.1, 0.15) is 0 Å². The molecule has 1 aliphatic rings. The van der Waals surface area contributed by atoms with Gasteiger partial charge in [0.25, 0.3) is 0 Å². The highest BCUT2D eigenvalue weighted by atomic mass is 32.2. The highest BCUT2D eigenvalue weighted by molar-refractivity contribution is 7.97. The number of likely N-dealkylation sites (tertiary alicyclic amines) is 1. The van der Waals surface area contributed by atoms with Crippen molar-refractivity contribution in [3.05, 3.63) is 35.7 Å². The molecule has 1 aromatic rings. The molecule has 1 amide bonds. The van der Waals surface area contributed by atoms with Crippen LogP contribution >= 0.6 is 11.8 Å². The number of anilines is 1. The zero-order valence-electron chi connectivity index (χ0n) is 15.8. The van der Waals surface area contributed by atoms with Crippen LogP contribution in [-0.2, 0) is 10.5 Å². The molecule has 0 aliphatic carbocycles. The average molecular weight is 348 g/mol. The van der Waals surface area contributed by atoms with Gasteiger partial charge in [-0.15, -0.1) is 0 Å². The van der Waals surface area contributed by atoms with Gasteiger partial charge < -0.3 is 9.80 Å². The molecule has 1 heterocycles. The fourth-order valence-electron chi connectivity index (χ4n) is 3.65. The smallest absolute Gasteiger partial charge is 0.224 e. The molecule has 4 heteroatoms. The van der Waals surface area contributed by atoms with Crippen molar-refractivity contribution in [2.45, 2.75) is 51.8 Å². The normalized spacial score (nSPS) is 17.9. The van der Waals surface area contributed by atoms with Gasteiger partial charge >= 0.3 is 0 Å². The number of rotatable bonds is 6. The average Bonchev–Trinajstić information content (AvgIpc) is 2.51. The van der Waals surface area contributed by atoms with Crippen LogP contribution < -0.4 is 4.90 Å². The molecular formula is C20H31N2OS. The molecule has 1 saturated heterocycles. The molecule has 0 bridgehead atoms. The molecule has 0 aromatic heterocycles. The van der Waals surface area contributed by atoms with Crippen LogP contribution in [0, 0.1) is 5.92 Å². The van der Waals surface area contributed by atoms with Crippen molar-refractivity contribution in [1.29, 1.82) is 0 Å². The molecular weight excluding hydrogens is 316 g/mol. The summed E-state index contributed by atoms with van der Waals surface area (Å²) in [5.41, 5.74) is 2.25. The molecule has 0 N–H and O–H groups in total. The molecule has 3 nitrogen and oxygen atoms in total. The van der Waals surface area contributed by atoms with Gasteiger partial charge in [0.2, 0.25) is 5.91 Å². The van der Waals surface area contributed by atoms with Gasteiger partial charge in [-0.25, -0.2) is 0 Å². The third kappa shape index (κ3) is 4.76. The molecule has 133 valence electrons. The summed E-state index contributed by atoms with van der Waals surface area (Å²) in [6, 6.07) is 8.51. The van der Waals surface area contributed by atoms with Crippen molar-refractivity contribution in [2.75, 3.05) is 30.8 Å². The summed E-state index contributed by atoms with van der Waals surface area (Å²) in [5.74, 6) is 2.60. The second kappa shape index (κ2) is 8.39. The third-order valence-electron chi connectivity index (χ3n) is 4.83. The maximum Gasteiger partial charge on any atom is 0.224 e. The molecule has 1 aromatic carbocycles. The minimum atomic E-state index is -0.0923. The van der Waals surface area contributed by atoms with Crippen molar-refractivity contribution < 1.29 is 4.79 Å². The Hall–Kier alpha value is -1.00. The van der Waals surface area contributed by atoms with E-state index in [1.165, 1.54) is 11.5 Å². The second-order valence-electron chi connectivity index (χ2n) is 7.43. The molecule has 0 atom stereocenters. The minimum Gasteiger partial charge on any atom is -0.307 e. The fourth-order valence-corrected chi connectivity index (χ4v) is 4.17. The van der Waals surface area contributed by atoms with Crippen LogP contribution in [0.1, 0.15) is 46.1 Å². The first-order valence-electron chi connectivity index (χ1n) is 8.76. The Bertz CT molecular complexity index is 533. The van der Waals surface area contributed by atoms with E-state index in [-0.39, 0.29) is 11.4 Å². The number of hydrogen-bond acceptors (Lipinski definition) is 3. The molecule has 0 unspecified atom stereocenters. The van der Waals surface area contributed by atoms with Gasteiger partial charge in [-0.05, 0) is 49.6 Å². The van der Waals surface area contributed by atoms with Crippen molar-refractivity contribution in [3.8, 4) is 0 Å². The SMILES string of the molecule is CSCc1ccc(N(C(C)=O)C2(C)CCN(C[C](C)C)CC2)cc1. The Balaban J connectivity index is 2.14. The first-order valence-corrected chi connectivity index (χ1v) is 10.1. The Morgan fingerprint density at radius 3 is 2.21 bits per heavy atom. The van der Waals surface area contributed by atoms with Crippen LogP contribution in [0.4, 0.5) is 5.69 Å². The highest BCUT2D eigenvalue weighted by Crippen LogP contribution is 2.33. The van der Waals surface area contributed by atoms with E-state index in [0.717, 1.165) is 43.9 Å². The van der Waals surface area contributed by atoms with Crippen LogP contribution in [0.5, 0.6) is 0 Å². The molecule has 1 radical (unpaired) electrons. The summed E-state index contributed by atoms with van der Waals surface area (Å²) < 4.78 is 0. The summed E-state index contributed by atoms with van der Waals surface area (Å²) in [4.78, 5) is 16.9. The summed E-state index contributed by atoms with van der Waals surface area (Å²) in [6.07, 6.45) is 4.15. The van der Waals surface area contributed by atoms with E-state index >= 15 is 0 Å². The van der Waals surface area contributed by atoms with Crippen molar-refractivity contribution in [2.24, 2.45) is 0 Å². The standard InChI is InChI=1S/C20H31N2OS/c1-16(2)14-21-12-10-20(4,11-13-21)22(17(3)23)19-8-6-18(7-9-19)15-24-5/h6-9H,10-15H2,1-5H3. The first-order chi connectivity index (χ1) is 11.4. The highest BCUT2D eigenvalue weighted by Gasteiger charge is 2.38. The maximum absolute atomic E-state index is 12.4. The zero-order valence-corrected chi connectivity index (χ0v) is 16.6. The van der Waals surface area contributed by atoms with Crippen molar-refractivity contribution >= 4 is 23.4 Å². The van der Waals surface area contributed by atoms with E-state index in [2.05, 4.69) is 56.2 Å². The number of nitrogens with zero attached hydrogens (tertiary/aromatic N) is 2. The van der Waals surface area contributed by atoms with E-state index in [1.54, 1.807) is 6.92 Å². The molecule has 2 rings (SSSR count). The molecule has 24 heavy (non-hydrogen) atoms. The number of piperidine rings is 1. The monoisotopic (exact) mass is 347 g/mol. The zero-order chi connectivity index (χ0) is 17.7. The number of amides is 1. The molecule has 0 saturated carbocycles. The predicted molar refractivity (Wildman–Crippen MR) is 105 cm³/mol. The van der Waals surface area contributed by atoms with Crippen molar-refractivity contribution in [1.82, 2.24) is 4.90 Å². The first kappa shape index (κ1) is 19.3. The van der Waals surface area contributed by atoms with Crippen molar-refractivity contribution in [3.63, 3.8) is 0 Å². The fraction of sp³-hybridized carbons (Fsp3) is 0.600. The van der Waals surface area contributed by atoms with E-state index < -0.39 is 0 Å². The van der Waals surface area contributed by atoms with Gasteiger partial charge in [-0.3, -0.25) is 4.79 Å². The van der Waals surface area contributed by atoms with E-state index in [9.17, 15) is 4.79 Å². The van der Waals surface area contributed by atoms with Crippen LogP contribution in [0.25, 0.3) is 0 Å². The maximum atomic E-state index is 12.4. The lowest BCUT2D eigenvalue weighted by molar-refractivity contribution is -0.118. The predicted octanol–water partition coefficient (Wildman–Crippen LogP) is 4.37. The van der Waals surface area contributed by atoms with Gasteiger partial charge in [0.05, 0.1) is 0 Å². The Morgan fingerprint density at radius 1 is 1.17 bits per heavy atom. The number of carbonyl (C=O) groups excluding carboxylic acids is 1. The summed E-state index contributed by atoms with van der Waals surface area (Å²) in [7, 11) is 0. The van der Waals surface area contributed by atoms with E-state index in [1.807, 2.05) is 16.7 Å². The second-order valence-corrected chi connectivity index (χ2v) is 8.30. The lowest BCUT2D eigenvalue weighted by atomic mass is 9.86. The number of benzene rings is 1. The van der Waals surface area contributed by atoms with Crippen LogP contribution in [0.15, 0.2) is 24.3 Å². The Morgan fingerprint density at radius 2 is 1.75 bits per heavy atom. The number of hydrogen-bond donors (Lipinski definition) is 0. The van der Waals surface area contributed by atoms with Crippen LogP contribution in [0.3, 0.4) is 0 Å². The largest absolute Gasteiger partial charge is 0.307 e. The van der Waals surface area contributed by atoms with Gasteiger partial charge in [-0.1, -0.05) is 26.0 Å².